The molecular weight excluding hydrogens is 338 g/mol. The Morgan fingerprint density at radius 2 is 1.77 bits per heavy atom. The molecule has 0 saturated carbocycles. The number of nitrogens with one attached hydrogen (secondary N) is 1. The molecule has 0 aliphatic rings. The zero-order valence-corrected chi connectivity index (χ0v) is 14.8. The summed E-state index contributed by atoms with van der Waals surface area (Å²) in [7, 11) is 4.12. The van der Waals surface area contributed by atoms with Crippen LogP contribution in [0.3, 0.4) is 0 Å². The number of hydrogen-bond acceptors (Lipinski definition) is 5. The van der Waals surface area contributed by atoms with E-state index in [9.17, 15) is 9.59 Å². The van der Waals surface area contributed by atoms with Gasteiger partial charge in [-0.15, -0.1) is 5.10 Å². The normalized spacial score (nSPS) is 10.4. The molecule has 0 aliphatic heterocycles. The molecule has 8 heteroatoms. The van der Waals surface area contributed by atoms with E-state index in [4.69, 9.17) is 14.9 Å². The Balaban J connectivity index is 0.000000359. The monoisotopic (exact) mass is 361 g/mol. The van der Waals surface area contributed by atoms with Gasteiger partial charge in [0.1, 0.15) is 0 Å². The third kappa shape index (κ3) is 9.24. The first-order valence-electron chi connectivity index (χ1n) is 7.90. The molecule has 0 saturated heterocycles. The van der Waals surface area contributed by atoms with Gasteiger partial charge < -0.3 is 19.8 Å². The summed E-state index contributed by atoms with van der Waals surface area (Å²) in [5, 5.41) is 22.8. The summed E-state index contributed by atoms with van der Waals surface area (Å²) in [6.07, 6.45) is 2.12. The number of aromatic amines is 1. The van der Waals surface area contributed by atoms with Crippen LogP contribution in [0.5, 0.6) is 5.88 Å². The number of benzene rings is 1. The van der Waals surface area contributed by atoms with Gasteiger partial charge in [-0.05, 0) is 26.1 Å². The SMILES string of the molecule is CN(C)CCCOc1cc(-c2ccccc2)[nH]n1.O=C(O)/C=C\C(=O)O. The van der Waals surface area contributed by atoms with E-state index in [2.05, 4.69) is 29.2 Å². The van der Waals surface area contributed by atoms with E-state index in [-0.39, 0.29) is 0 Å². The lowest BCUT2D eigenvalue weighted by Crippen LogP contribution is -2.15. The van der Waals surface area contributed by atoms with Crippen LogP contribution in [0, 0.1) is 0 Å². The van der Waals surface area contributed by atoms with Gasteiger partial charge in [0.15, 0.2) is 0 Å². The Hall–Kier alpha value is -3.13. The number of H-pyrrole nitrogens is 1. The number of carboxylic acid groups (broad SMARTS) is 2. The smallest absolute Gasteiger partial charge is 0.328 e. The van der Waals surface area contributed by atoms with Gasteiger partial charge in [-0.1, -0.05) is 30.3 Å². The van der Waals surface area contributed by atoms with Crippen LogP contribution in [-0.2, 0) is 9.59 Å². The quantitative estimate of drug-likeness (QED) is 0.487. The topological polar surface area (TPSA) is 116 Å². The number of aliphatic carboxylic acids is 2. The molecule has 26 heavy (non-hydrogen) atoms. The maximum atomic E-state index is 9.55. The number of aromatic nitrogens is 2. The van der Waals surface area contributed by atoms with Crippen molar-refractivity contribution in [3.63, 3.8) is 0 Å². The average molecular weight is 361 g/mol. The fourth-order valence-electron chi connectivity index (χ4n) is 1.84. The Bertz CT molecular complexity index is 695. The lowest BCUT2D eigenvalue weighted by Gasteiger charge is -2.08. The second-order valence-corrected chi connectivity index (χ2v) is 5.50. The molecule has 2 aromatic rings. The van der Waals surface area contributed by atoms with Crippen molar-refractivity contribution >= 4 is 11.9 Å². The Labute approximate surface area is 151 Å². The highest BCUT2D eigenvalue weighted by Crippen LogP contribution is 2.20. The fraction of sp³-hybridized carbons (Fsp3) is 0.278. The maximum absolute atomic E-state index is 9.55. The minimum absolute atomic E-state index is 0.558. The molecule has 0 radical (unpaired) electrons. The van der Waals surface area contributed by atoms with Crippen LogP contribution in [0.25, 0.3) is 11.3 Å². The lowest BCUT2D eigenvalue weighted by molar-refractivity contribution is -0.134. The Morgan fingerprint density at radius 1 is 1.15 bits per heavy atom. The minimum Gasteiger partial charge on any atom is -0.478 e. The van der Waals surface area contributed by atoms with Crippen molar-refractivity contribution in [1.29, 1.82) is 0 Å². The summed E-state index contributed by atoms with van der Waals surface area (Å²) in [5.41, 5.74) is 2.10. The number of carbonyl (C=O) groups is 2. The van der Waals surface area contributed by atoms with Gasteiger partial charge in [0, 0.05) is 24.8 Å². The molecule has 8 nitrogen and oxygen atoms in total. The van der Waals surface area contributed by atoms with Crippen molar-refractivity contribution in [1.82, 2.24) is 15.1 Å². The second-order valence-electron chi connectivity index (χ2n) is 5.50. The van der Waals surface area contributed by atoms with Gasteiger partial charge in [-0.3, -0.25) is 5.10 Å². The van der Waals surface area contributed by atoms with E-state index in [1.54, 1.807) is 0 Å². The molecular formula is C18H23N3O5. The average Bonchev–Trinajstić information content (AvgIpc) is 3.07. The van der Waals surface area contributed by atoms with Gasteiger partial charge in [0.2, 0.25) is 5.88 Å². The van der Waals surface area contributed by atoms with E-state index in [0.29, 0.717) is 24.6 Å². The molecule has 1 heterocycles. The summed E-state index contributed by atoms with van der Waals surface area (Å²) in [6.45, 7) is 1.72. The van der Waals surface area contributed by atoms with Crippen molar-refractivity contribution in [3.8, 4) is 17.1 Å². The molecule has 1 aromatic carbocycles. The van der Waals surface area contributed by atoms with Crippen molar-refractivity contribution in [3.05, 3.63) is 48.6 Å². The molecule has 3 N–H and O–H groups in total. The third-order valence-corrected chi connectivity index (χ3v) is 3.01. The zero-order valence-electron chi connectivity index (χ0n) is 14.8. The van der Waals surface area contributed by atoms with Gasteiger partial charge in [-0.2, -0.15) is 0 Å². The highest BCUT2D eigenvalue weighted by Gasteiger charge is 2.03. The van der Waals surface area contributed by atoms with Gasteiger partial charge in [0.05, 0.1) is 12.3 Å². The van der Waals surface area contributed by atoms with Gasteiger partial charge >= 0.3 is 11.9 Å². The van der Waals surface area contributed by atoms with E-state index in [1.807, 2.05) is 36.4 Å². The molecule has 0 fully saturated rings. The second kappa shape index (κ2) is 11.4. The molecule has 140 valence electrons. The molecule has 2 rings (SSSR count). The molecule has 0 unspecified atom stereocenters. The van der Waals surface area contributed by atoms with Crippen LogP contribution in [0.15, 0.2) is 48.6 Å². The Kier molecular flexibility index (Phi) is 9.19. The summed E-state index contributed by atoms with van der Waals surface area (Å²) in [5.74, 6) is -1.85. The van der Waals surface area contributed by atoms with E-state index in [1.165, 1.54) is 0 Å². The molecule has 0 bridgehead atoms. The van der Waals surface area contributed by atoms with Crippen LogP contribution in [0.2, 0.25) is 0 Å². The highest BCUT2D eigenvalue weighted by atomic mass is 16.5. The van der Waals surface area contributed by atoms with Crippen molar-refractivity contribution < 1.29 is 24.5 Å². The fourth-order valence-corrected chi connectivity index (χ4v) is 1.84. The number of rotatable bonds is 8. The maximum Gasteiger partial charge on any atom is 0.328 e. The largest absolute Gasteiger partial charge is 0.478 e. The summed E-state index contributed by atoms with van der Waals surface area (Å²) in [4.78, 5) is 21.2. The predicted octanol–water partition coefficient (Wildman–Crippen LogP) is 2.12. The van der Waals surface area contributed by atoms with Crippen LogP contribution < -0.4 is 4.74 Å². The van der Waals surface area contributed by atoms with Gasteiger partial charge in [-0.25, -0.2) is 9.59 Å². The standard InChI is InChI=1S/C14H19N3O.C4H4O4/c1-17(2)9-6-10-18-14-11-13(15-16-14)12-7-4-3-5-8-12;5-3(6)1-2-4(7)8/h3-5,7-8,11H,6,9-10H2,1-2H3,(H,15,16);1-2H,(H,5,6)(H,7,8)/b;2-1-. The number of carboxylic acids is 2. The number of nitrogens with zero attached hydrogens (tertiary/aromatic N) is 2. The third-order valence-electron chi connectivity index (χ3n) is 3.01. The molecule has 0 spiro atoms. The zero-order chi connectivity index (χ0) is 19.4. The summed E-state index contributed by atoms with van der Waals surface area (Å²) < 4.78 is 5.59. The predicted molar refractivity (Wildman–Crippen MR) is 97.1 cm³/mol. The number of hydrogen-bond donors (Lipinski definition) is 3. The first-order chi connectivity index (χ1) is 12.4. The van der Waals surface area contributed by atoms with Gasteiger partial charge in [0.25, 0.3) is 0 Å². The molecule has 0 aliphatic carbocycles. The Morgan fingerprint density at radius 3 is 2.31 bits per heavy atom. The lowest BCUT2D eigenvalue weighted by atomic mass is 10.2. The first-order valence-corrected chi connectivity index (χ1v) is 7.90. The van der Waals surface area contributed by atoms with Crippen molar-refractivity contribution in [2.75, 3.05) is 27.2 Å². The first kappa shape index (κ1) is 20.9. The van der Waals surface area contributed by atoms with E-state index < -0.39 is 11.9 Å². The molecule has 1 aromatic heterocycles. The van der Waals surface area contributed by atoms with Crippen LogP contribution in [0.1, 0.15) is 6.42 Å². The minimum atomic E-state index is -1.26. The highest BCUT2D eigenvalue weighted by molar-refractivity contribution is 5.89. The summed E-state index contributed by atoms with van der Waals surface area (Å²) >= 11 is 0. The van der Waals surface area contributed by atoms with E-state index >= 15 is 0 Å². The van der Waals surface area contributed by atoms with Crippen LogP contribution in [-0.4, -0.2) is 64.5 Å². The van der Waals surface area contributed by atoms with Crippen molar-refractivity contribution in [2.45, 2.75) is 6.42 Å². The van der Waals surface area contributed by atoms with Crippen LogP contribution >= 0.6 is 0 Å². The molecule has 0 atom stereocenters. The van der Waals surface area contributed by atoms with E-state index in [0.717, 1.165) is 24.2 Å². The summed E-state index contributed by atoms with van der Waals surface area (Å²) in [6, 6.07) is 12.0. The number of ether oxygens (including phenoxy) is 1. The molecule has 0 amide bonds. The van der Waals surface area contributed by atoms with Crippen LogP contribution in [0.4, 0.5) is 0 Å². The van der Waals surface area contributed by atoms with Crippen molar-refractivity contribution in [2.24, 2.45) is 0 Å².